The molecule has 0 saturated heterocycles. The van der Waals surface area contributed by atoms with Crippen LogP contribution in [-0.4, -0.2) is 22.9 Å². The molecule has 1 N–H and O–H groups in total. The van der Waals surface area contributed by atoms with Crippen molar-refractivity contribution in [1.82, 2.24) is 4.98 Å². The smallest absolute Gasteiger partial charge is 0.434 e. The summed E-state index contributed by atoms with van der Waals surface area (Å²) in [5, 5.41) is 3.19. The molecule has 19 heavy (non-hydrogen) atoms. The van der Waals surface area contributed by atoms with Gasteiger partial charge in [-0.15, -0.1) is 0 Å². The van der Waals surface area contributed by atoms with E-state index in [-0.39, 0.29) is 6.10 Å². The number of ether oxygens (including phenoxy) is 1. The fourth-order valence-corrected chi connectivity index (χ4v) is 2.19. The van der Waals surface area contributed by atoms with Crippen molar-refractivity contribution in [3.8, 4) is 0 Å². The van der Waals surface area contributed by atoms with Gasteiger partial charge in [0.05, 0.1) is 11.8 Å². The van der Waals surface area contributed by atoms with Gasteiger partial charge in [0, 0.05) is 21.5 Å². The predicted molar refractivity (Wildman–Crippen MR) is 75.5 cm³/mol. The van der Waals surface area contributed by atoms with Crippen LogP contribution < -0.4 is 10.6 Å². The summed E-state index contributed by atoms with van der Waals surface area (Å²) in [6.07, 6.45) is 3.05. The van der Waals surface area contributed by atoms with E-state index in [0.717, 1.165) is 21.5 Å². The first-order valence-corrected chi connectivity index (χ1v) is 6.23. The van der Waals surface area contributed by atoms with Crippen LogP contribution in [0, 0.1) is 0 Å². The predicted octanol–water partition coefficient (Wildman–Crippen LogP) is 1.73. The maximum atomic E-state index is 11.5. The second-order valence-corrected chi connectivity index (χ2v) is 4.76. The first-order valence-electron chi connectivity index (χ1n) is 6.23. The molecule has 0 saturated carbocycles. The summed E-state index contributed by atoms with van der Waals surface area (Å²) in [5.74, 6) is 0. The van der Waals surface area contributed by atoms with Gasteiger partial charge in [-0.05, 0) is 32.1 Å². The van der Waals surface area contributed by atoms with E-state index in [9.17, 15) is 4.79 Å². The number of benzene rings is 1. The number of hydrogen-bond acceptors (Lipinski definition) is 2. The molecule has 0 fully saturated rings. The summed E-state index contributed by atoms with van der Waals surface area (Å²) in [4.78, 5) is 18.7. The third-order valence-corrected chi connectivity index (χ3v) is 2.92. The van der Waals surface area contributed by atoms with Gasteiger partial charge in [0.25, 0.3) is 0 Å². The Balaban J connectivity index is 2.01. The summed E-state index contributed by atoms with van der Waals surface area (Å²) in [7, 11) is 0. The van der Waals surface area contributed by atoms with Gasteiger partial charge in [-0.25, -0.2) is 4.79 Å². The molecule has 0 aliphatic heterocycles. The normalized spacial score (nSPS) is 15.4. The average Bonchev–Trinajstić information content (AvgIpc) is 2.84. The van der Waals surface area contributed by atoms with Gasteiger partial charge in [-0.2, -0.15) is 4.99 Å². The zero-order valence-electron chi connectivity index (χ0n) is 10.8. The highest BCUT2D eigenvalue weighted by Crippen LogP contribution is 2.06. The van der Waals surface area contributed by atoms with Gasteiger partial charge >= 0.3 is 6.09 Å². The van der Waals surface area contributed by atoms with Crippen molar-refractivity contribution in [1.29, 1.82) is 0 Å². The quantitative estimate of drug-likeness (QED) is 0.842. The number of H-pyrrole nitrogens is 1. The van der Waals surface area contributed by atoms with Crippen LogP contribution in [0.25, 0.3) is 23.1 Å². The molecule has 0 bridgehead atoms. The zero-order valence-corrected chi connectivity index (χ0v) is 10.8. The lowest BCUT2D eigenvalue weighted by Crippen LogP contribution is -2.18. The number of fused-ring (bicyclic) bond motifs is 3. The standard InChI is InChI=1S/C15H14N2O2/c1-9(2)19-15(18)16-10-7-12-11-5-3-4-6-13(11)17-14(12)8-10/h3-9,17H,1-2H3. The van der Waals surface area contributed by atoms with E-state index in [1.54, 1.807) is 13.8 Å². The van der Waals surface area contributed by atoms with E-state index in [1.165, 1.54) is 0 Å². The first kappa shape index (κ1) is 11.7. The van der Waals surface area contributed by atoms with Gasteiger partial charge in [0.15, 0.2) is 0 Å². The second-order valence-electron chi connectivity index (χ2n) is 4.76. The highest BCUT2D eigenvalue weighted by Gasteiger charge is 2.09. The molecule has 4 nitrogen and oxygen atoms in total. The van der Waals surface area contributed by atoms with Crippen LogP contribution in [0.5, 0.6) is 0 Å². The Hall–Kier alpha value is -2.36. The van der Waals surface area contributed by atoms with E-state index in [1.807, 2.05) is 36.4 Å². The van der Waals surface area contributed by atoms with Gasteiger partial charge in [0.2, 0.25) is 0 Å². The molecule has 1 heterocycles. The SMILES string of the molecule is CC(C)OC(=O)N=C1C=c2[nH]c3ccccc3c2=C1. The van der Waals surface area contributed by atoms with E-state index in [2.05, 4.69) is 9.98 Å². The van der Waals surface area contributed by atoms with E-state index >= 15 is 0 Å². The molecular weight excluding hydrogens is 240 g/mol. The number of aromatic amines is 1. The molecular formula is C15H14N2O2. The van der Waals surface area contributed by atoms with E-state index in [0.29, 0.717) is 5.71 Å². The minimum Gasteiger partial charge on any atom is -0.445 e. The molecule has 0 radical (unpaired) electrons. The molecule has 0 atom stereocenters. The van der Waals surface area contributed by atoms with Crippen LogP contribution in [0.15, 0.2) is 29.3 Å². The van der Waals surface area contributed by atoms with E-state index in [4.69, 9.17) is 4.74 Å². The number of aliphatic imine (C=N–C) groups is 1. The average molecular weight is 254 g/mol. The van der Waals surface area contributed by atoms with Gasteiger partial charge < -0.3 is 9.72 Å². The topological polar surface area (TPSA) is 54.4 Å². The molecule has 1 aliphatic rings. The molecule has 4 heteroatoms. The second kappa shape index (κ2) is 4.39. The van der Waals surface area contributed by atoms with Crippen LogP contribution in [0.3, 0.4) is 0 Å². The van der Waals surface area contributed by atoms with Crippen molar-refractivity contribution >= 4 is 34.9 Å². The maximum Gasteiger partial charge on any atom is 0.434 e. The van der Waals surface area contributed by atoms with Crippen LogP contribution >= 0.6 is 0 Å². The summed E-state index contributed by atoms with van der Waals surface area (Å²) in [5.41, 5.74) is 1.71. The summed E-state index contributed by atoms with van der Waals surface area (Å²) < 4.78 is 5.00. The lowest BCUT2D eigenvalue weighted by atomic mass is 10.2. The fraction of sp³-hybridized carbons (Fsp3) is 0.200. The van der Waals surface area contributed by atoms with Crippen molar-refractivity contribution in [2.75, 3.05) is 0 Å². The lowest BCUT2D eigenvalue weighted by molar-refractivity contribution is 0.126. The Morgan fingerprint density at radius 2 is 2.05 bits per heavy atom. The van der Waals surface area contributed by atoms with Crippen molar-refractivity contribution in [3.05, 3.63) is 34.8 Å². The Labute approximate surface area is 110 Å². The van der Waals surface area contributed by atoms with Gasteiger partial charge in [-0.1, -0.05) is 18.2 Å². The number of nitrogens with one attached hydrogen (secondary N) is 1. The Kier molecular flexibility index (Phi) is 2.71. The molecule has 1 aromatic carbocycles. The minimum atomic E-state index is -0.549. The largest absolute Gasteiger partial charge is 0.445 e. The maximum absolute atomic E-state index is 11.5. The van der Waals surface area contributed by atoms with Gasteiger partial charge in [-0.3, -0.25) is 0 Å². The summed E-state index contributed by atoms with van der Waals surface area (Å²) in [6.45, 7) is 3.60. The Morgan fingerprint density at radius 3 is 2.84 bits per heavy atom. The number of amides is 1. The van der Waals surface area contributed by atoms with E-state index < -0.39 is 6.09 Å². The molecule has 0 spiro atoms. The van der Waals surface area contributed by atoms with Gasteiger partial charge in [0.1, 0.15) is 0 Å². The third-order valence-electron chi connectivity index (χ3n) is 2.92. The minimum absolute atomic E-state index is 0.156. The number of nitrogens with zero attached hydrogens (tertiary/aromatic N) is 1. The highest BCUT2D eigenvalue weighted by atomic mass is 16.6. The monoisotopic (exact) mass is 254 g/mol. The molecule has 1 aromatic heterocycles. The number of carbonyl (C=O) groups is 1. The van der Waals surface area contributed by atoms with Crippen LogP contribution in [0.1, 0.15) is 13.8 Å². The first-order chi connectivity index (χ1) is 9.13. The lowest BCUT2D eigenvalue weighted by Gasteiger charge is -2.03. The number of para-hydroxylation sites is 1. The summed E-state index contributed by atoms with van der Waals surface area (Å²) in [6, 6.07) is 8.05. The summed E-state index contributed by atoms with van der Waals surface area (Å²) >= 11 is 0. The molecule has 3 rings (SSSR count). The third kappa shape index (κ3) is 2.17. The molecule has 1 aliphatic carbocycles. The Bertz CT molecular complexity index is 797. The molecule has 96 valence electrons. The number of rotatable bonds is 1. The fourth-order valence-electron chi connectivity index (χ4n) is 2.19. The number of carbonyl (C=O) groups excluding carboxylic acids is 1. The van der Waals surface area contributed by atoms with Crippen LogP contribution in [0.4, 0.5) is 4.79 Å². The van der Waals surface area contributed by atoms with Crippen LogP contribution in [-0.2, 0) is 4.74 Å². The number of hydrogen-bond donors (Lipinski definition) is 1. The molecule has 0 unspecified atom stereocenters. The number of aromatic nitrogens is 1. The Morgan fingerprint density at radius 1 is 1.26 bits per heavy atom. The van der Waals surface area contributed by atoms with Crippen molar-refractivity contribution in [2.45, 2.75) is 20.0 Å². The van der Waals surface area contributed by atoms with Crippen molar-refractivity contribution in [2.24, 2.45) is 4.99 Å². The van der Waals surface area contributed by atoms with Crippen molar-refractivity contribution < 1.29 is 9.53 Å². The zero-order chi connectivity index (χ0) is 13.4. The van der Waals surface area contributed by atoms with Crippen LogP contribution in [0.2, 0.25) is 0 Å². The molecule has 1 amide bonds. The highest BCUT2D eigenvalue weighted by molar-refractivity contribution is 6.32. The molecule has 2 aromatic rings. The van der Waals surface area contributed by atoms with Crippen molar-refractivity contribution in [3.63, 3.8) is 0 Å².